The van der Waals surface area contributed by atoms with Gasteiger partial charge >= 0.3 is 0 Å². The van der Waals surface area contributed by atoms with Crippen molar-refractivity contribution in [3.63, 3.8) is 0 Å². The number of aliphatic imine (C=N–C) groups is 1. The molecule has 2 aromatic carbocycles. The van der Waals surface area contributed by atoms with Gasteiger partial charge in [0.15, 0.2) is 5.17 Å². The summed E-state index contributed by atoms with van der Waals surface area (Å²) in [5.74, 6) is 0.626. The molecule has 0 saturated carbocycles. The number of amidine groups is 1. The van der Waals surface area contributed by atoms with Crippen molar-refractivity contribution in [1.29, 1.82) is 0 Å². The quantitative estimate of drug-likeness (QED) is 0.385. The van der Waals surface area contributed by atoms with Crippen molar-refractivity contribution in [2.75, 3.05) is 7.11 Å². The number of amides is 1. The molecule has 26 heavy (non-hydrogen) atoms. The molecule has 0 radical (unpaired) electrons. The van der Waals surface area contributed by atoms with Crippen LogP contribution in [0.2, 0.25) is 0 Å². The Morgan fingerprint density at radius 1 is 1.19 bits per heavy atom. The molecule has 1 amide bonds. The van der Waals surface area contributed by atoms with Crippen molar-refractivity contribution in [3.8, 4) is 5.75 Å². The number of carbonyl (C=O) groups is 1. The van der Waals surface area contributed by atoms with Crippen LogP contribution in [0.25, 0.3) is 6.08 Å². The van der Waals surface area contributed by atoms with Crippen LogP contribution >= 0.6 is 56.9 Å². The van der Waals surface area contributed by atoms with Crippen molar-refractivity contribution < 1.29 is 9.53 Å². The third kappa shape index (κ3) is 4.42. The molecule has 134 valence electrons. The zero-order valence-corrected chi connectivity index (χ0v) is 19.5. The summed E-state index contributed by atoms with van der Waals surface area (Å²) in [5.41, 5.74) is 4.02. The SMILES string of the molecule is COc1c(I)cc(I)cc1/C=C1\SC(=Nc2ccc(C)cc2C)NC1=O. The van der Waals surface area contributed by atoms with E-state index in [9.17, 15) is 4.79 Å². The predicted molar refractivity (Wildman–Crippen MR) is 125 cm³/mol. The van der Waals surface area contributed by atoms with E-state index < -0.39 is 0 Å². The summed E-state index contributed by atoms with van der Waals surface area (Å²) in [5, 5.41) is 3.43. The Morgan fingerprint density at radius 2 is 1.96 bits per heavy atom. The number of hydrogen-bond acceptors (Lipinski definition) is 4. The smallest absolute Gasteiger partial charge is 0.264 e. The molecule has 1 fully saturated rings. The molecule has 1 heterocycles. The van der Waals surface area contributed by atoms with E-state index in [1.165, 1.54) is 17.3 Å². The molecule has 0 unspecified atom stereocenters. The van der Waals surface area contributed by atoms with Gasteiger partial charge < -0.3 is 10.1 Å². The van der Waals surface area contributed by atoms with Gasteiger partial charge in [-0.25, -0.2) is 4.99 Å². The first-order valence-electron chi connectivity index (χ1n) is 7.77. The highest BCUT2D eigenvalue weighted by Crippen LogP contribution is 2.34. The molecule has 0 bridgehead atoms. The van der Waals surface area contributed by atoms with Crippen LogP contribution < -0.4 is 10.1 Å². The number of methoxy groups -OCH3 is 1. The summed E-state index contributed by atoms with van der Waals surface area (Å²) in [7, 11) is 1.64. The van der Waals surface area contributed by atoms with Gasteiger partial charge in [0.25, 0.3) is 5.91 Å². The highest BCUT2D eigenvalue weighted by Gasteiger charge is 2.24. The third-order valence-electron chi connectivity index (χ3n) is 3.75. The highest BCUT2D eigenvalue weighted by molar-refractivity contribution is 14.1. The summed E-state index contributed by atoms with van der Waals surface area (Å²) in [6.07, 6.45) is 1.85. The number of halogens is 2. The number of nitrogens with one attached hydrogen (secondary N) is 1. The monoisotopic (exact) mass is 590 g/mol. The Labute approximate surface area is 184 Å². The van der Waals surface area contributed by atoms with Crippen molar-refractivity contribution in [2.24, 2.45) is 4.99 Å². The molecule has 0 spiro atoms. The largest absolute Gasteiger partial charge is 0.495 e. The van der Waals surface area contributed by atoms with Gasteiger partial charge in [0.05, 0.1) is 21.3 Å². The topological polar surface area (TPSA) is 50.7 Å². The predicted octanol–water partition coefficient (Wildman–Crippen LogP) is 5.41. The van der Waals surface area contributed by atoms with Crippen molar-refractivity contribution >= 4 is 79.8 Å². The van der Waals surface area contributed by atoms with E-state index >= 15 is 0 Å². The van der Waals surface area contributed by atoms with Crippen LogP contribution in [-0.4, -0.2) is 18.2 Å². The number of nitrogens with zero attached hydrogens (tertiary/aromatic N) is 1. The van der Waals surface area contributed by atoms with Gasteiger partial charge in [-0.1, -0.05) is 17.7 Å². The van der Waals surface area contributed by atoms with E-state index in [2.05, 4.69) is 61.6 Å². The van der Waals surface area contributed by atoms with E-state index in [1.807, 2.05) is 44.2 Å². The number of benzene rings is 2. The van der Waals surface area contributed by atoms with Crippen LogP contribution in [-0.2, 0) is 4.79 Å². The maximum absolute atomic E-state index is 12.4. The molecule has 3 rings (SSSR count). The average molecular weight is 590 g/mol. The maximum atomic E-state index is 12.4. The Kier molecular flexibility index (Phi) is 6.29. The molecule has 0 aliphatic carbocycles. The zero-order valence-electron chi connectivity index (χ0n) is 14.4. The number of thioether (sulfide) groups is 1. The number of aryl methyl sites for hydroxylation is 2. The fourth-order valence-electron chi connectivity index (χ4n) is 2.56. The van der Waals surface area contributed by atoms with E-state index in [4.69, 9.17) is 4.74 Å². The molecule has 1 aliphatic rings. The second-order valence-electron chi connectivity index (χ2n) is 5.78. The van der Waals surface area contributed by atoms with Gasteiger partial charge in [-0.2, -0.15) is 0 Å². The molecule has 1 aliphatic heterocycles. The van der Waals surface area contributed by atoms with Crippen molar-refractivity contribution in [3.05, 3.63) is 59.1 Å². The Hall–Kier alpha value is -1.07. The minimum atomic E-state index is -0.144. The Morgan fingerprint density at radius 3 is 2.65 bits per heavy atom. The lowest BCUT2D eigenvalue weighted by molar-refractivity contribution is -0.115. The molecular formula is C19H16I2N2O2S. The van der Waals surface area contributed by atoms with E-state index in [0.717, 1.165) is 29.7 Å². The zero-order chi connectivity index (χ0) is 18.8. The maximum Gasteiger partial charge on any atom is 0.264 e. The van der Waals surface area contributed by atoms with Crippen LogP contribution in [0.3, 0.4) is 0 Å². The fourth-order valence-corrected chi connectivity index (χ4v) is 5.50. The Bertz CT molecular complexity index is 955. The molecule has 7 heteroatoms. The van der Waals surface area contributed by atoms with Crippen molar-refractivity contribution in [1.82, 2.24) is 5.32 Å². The number of ether oxygens (including phenoxy) is 1. The molecule has 0 atom stereocenters. The number of hydrogen-bond donors (Lipinski definition) is 1. The minimum absolute atomic E-state index is 0.144. The second-order valence-corrected chi connectivity index (χ2v) is 9.22. The molecule has 1 saturated heterocycles. The second kappa shape index (κ2) is 8.30. The summed E-state index contributed by atoms with van der Waals surface area (Å²) < 4.78 is 7.60. The van der Waals surface area contributed by atoms with Crippen LogP contribution in [0, 0.1) is 21.0 Å². The molecule has 4 nitrogen and oxygen atoms in total. The van der Waals surface area contributed by atoms with Crippen LogP contribution in [0.15, 0.2) is 40.2 Å². The number of rotatable bonds is 3. The summed E-state index contributed by atoms with van der Waals surface area (Å²) in [4.78, 5) is 17.6. The van der Waals surface area contributed by atoms with Crippen LogP contribution in [0.1, 0.15) is 16.7 Å². The van der Waals surface area contributed by atoms with Gasteiger partial charge in [-0.05, 0) is 101 Å². The summed E-state index contributed by atoms with van der Waals surface area (Å²) in [6, 6.07) is 10.1. The van der Waals surface area contributed by atoms with E-state index in [0.29, 0.717) is 10.1 Å². The van der Waals surface area contributed by atoms with Crippen LogP contribution in [0.5, 0.6) is 5.75 Å². The lowest BCUT2D eigenvalue weighted by Gasteiger charge is -2.08. The first-order valence-corrected chi connectivity index (χ1v) is 10.7. The molecular weight excluding hydrogens is 574 g/mol. The lowest BCUT2D eigenvalue weighted by Crippen LogP contribution is -2.19. The highest BCUT2D eigenvalue weighted by atomic mass is 127. The Balaban J connectivity index is 1.93. The van der Waals surface area contributed by atoms with E-state index in [1.54, 1.807) is 7.11 Å². The first-order chi connectivity index (χ1) is 12.4. The molecule has 2 aromatic rings. The van der Waals surface area contributed by atoms with Gasteiger partial charge in [0.1, 0.15) is 5.75 Å². The summed E-state index contributed by atoms with van der Waals surface area (Å²) in [6.45, 7) is 4.07. The summed E-state index contributed by atoms with van der Waals surface area (Å²) >= 11 is 5.84. The minimum Gasteiger partial charge on any atom is -0.495 e. The lowest BCUT2D eigenvalue weighted by atomic mass is 10.1. The van der Waals surface area contributed by atoms with Crippen LogP contribution in [0.4, 0.5) is 5.69 Å². The number of carbonyl (C=O) groups excluding carboxylic acids is 1. The van der Waals surface area contributed by atoms with Crippen molar-refractivity contribution in [2.45, 2.75) is 13.8 Å². The standard InChI is InChI=1S/C19H16I2N2O2S/c1-10-4-5-15(11(2)6-10)22-19-23-18(24)16(26-19)8-12-7-13(20)9-14(21)17(12)25-3/h4-9H,1-3H3,(H,22,23,24)/b16-8-. The van der Waals surface area contributed by atoms with Gasteiger partial charge in [-0.15, -0.1) is 0 Å². The first kappa shape index (κ1) is 19.7. The normalized spacial score (nSPS) is 17.0. The van der Waals surface area contributed by atoms with E-state index in [-0.39, 0.29) is 5.91 Å². The third-order valence-corrected chi connectivity index (χ3v) is 6.09. The van der Waals surface area contributed by atoms with Gasteiger partial charge in [0, 0.05) is 9.13 Å². The molecule has 0 aromatic heterocycles. The fraction of sp³-hybridized carbons (Fsp3) is 0.158. The van der Waals surface area contributed by atoms with Gasteiger partial charge in [0.2, 0.25) is 0 Å². The average Bonchev–Trinajstić information content (AvgIpc) is 2.89. The molecule has 1 N–H and O–H groups in total. The van der Waals surface area contributed by atoms with Gasteiger partial charge in [-0.3, -0.25) is 4.79 Å².